The van der Waals surface area contributed by atoms with Gasteiger partial charge in [-0.05, 0) is 35.4 Å². The molecule has 1 amide bonds. The topological polar surface area (TPSA) is 149 Å². The SMILES string of the molecule is COc1cc(OCCCOc2cc3c(cc2OC)CN(C(=O)CC(C)C(=O)O)C3)c2cc(C(=O)CC(C)C(=O)O)sc2c1. The van der Waals surface area contributed by atoms with Gasteiger partial charge >= 0.3 is 11.9 Å². The Bertz CT molecular complexity index is 1530. The van der Waals surface area contributed by atoms with Crippen LogP contribution < -0.4 is 18.9 Å². The van der Waals surface area contributed by atoms with E-state index in [4.69, 9.17) is 29.2 Å². The molecule has 3 aromatic rings. The first-order valence-corrected chi connectivity index (χ1v) is 14.7. The first-order valence-electron chi connectivity index (χ1n) is 13.8. The van der Waals surface area contributed by atoms with Crippen molar-refractivity contribution in [2.75, 3.05) is 27.4 Å². The standard InChI is InChI=1S/C31H35NO10S/c1-17(30(35)36)8-23(33)28-14-22-24(12-21(39-3)13-27(22)43-28)41-6-5-7-42-26-11-20-16-32(15-19(20)10-25(26)40-4)29(34)9-18(2)31(37)38/h10-14,17-18H,5-9,15-16H2,1-4H3,(H,35,36)(H,37,38). The van der Waals surface area contributed by atoms with Crippen molar-refractivity contribution in [3.05, 3.63) is 46.3 Å². The van der Waals surface area contributed by atoms with E-state index in [-0.39, 0.29) is 24.5 Å². The molecule has 2 heterocycles. The molecule has 0 spiro atoms. The van der Waals surface area contributed by atoms with Crippen molar-refractivity contribution in [1.82, 2.24) is 4.90 Å². The molecule has 43 heavy (non-hydrogen) atoms. The van der Waals surface area contributed by atoms with Gasteiger partial charge in [-0.1, -0.05) is 13.8 Å². The van der Waals surface area contributed by atoms with Crippen LogP contribution in [0.4, 0.5) is 0 Å². The second-order valence-corrected chi connectivity index (χ2v) is 11.6. The maximum absolute atomic E-state index is 12.7. The summed E-state index contributed by atoms with van der Waals surface area (Å²) in [5.74, 6) is -1.80. The number of ketones is 1. The van der Waals surface area contributed by atoms with Crippen molar-refractivity contribution in [2.45, 2.75) is 46.2 Å². The lowest BCUT2D eigenvalue weighted by Gasteiger charge is -2.16. The summed E-state index contributed by atoms with van der Waals surface area (Å²) >= 11 is 1.27. The lowest BCUT2D eigenvalue weighted by Crippen LogP contribution is -2.28. The van der Waals surface area contributed by atoms with Crippen LogP contribution in [0.5, 0.6) is 23.0 Å². The summed E-state index contributed by atoms with van der Waals surface area (Å²) in [7, 11) is 3.09. The number of carboxylic acids is 2. The number of benzene rings is 2. The summed E-state index contributed by atoms with van der Waals surface area (Å²) in [5.41, 5.74) is 1.85. The summed E-state index contributed by atoms with van der Waals surface area (Å²) in [6, 6.07) is 8.99. The van der Waals surface area contributed by atoms with Crippen LogP contribution in [0.25, 0.3) is 10.1 Å². The summed E-state index contributed by atoms with van der Waals surface area (Å²) in [5, 5.41) is 19.0. The third-order valence-corrected chi connectivity index (χ3v) is 8.39. The molecular weight excluding hydrogens is 578 g/mol. The van der Waals surface area contributed by atoms with Crippen LogP contribution in [0.2, 0.25) is 0 Å². The molecule has 2 aromatic carbocycles. The number of aliphatic carboxylic acids is 2. The number of rotatable bonds is 15. The second-order valence-electron chi connectivity index (χ2n) is 10.5. The quantitative estimate of drug-likeness (QED) is 0.177. The summed E-state index contributed by atoms with van der Waals surface area (Å²) in [4.78, 5) is 49.7. The minimum absolute atomic E-state index is 0.0592. The highest BCUT2D eigenvalue weighted by molar-refractivity contribution is 7.20. The van der Waals surface area contributed by atoms with E-state index in [1.54, 1.807) is 31.3 Å². The Labute approximate surface area is 252 Å². The molecule has 0 bridgehead atoms. The molecule has 0 radical (unpaired) electrons. The van der Waals surface area contributed by atoms with Gasteiger partial charge in [-0.2, -0.15) is 0 Å². The number of carbonyl (C=O) groups is 4. The molecule has 1 aromatic heterocycles. The summed E-state index contributed by atoms with van der Waals surface area (Å²) in [6.45, 7) is 4.41. The minimum atomic E-state index is -1.01. The highest BCUT2D eigenvalue weighted by Gasteiger charge is 2.28. The molecule has 2 atom stereocenters. The van der Waals surface area contributed by atoms with Crippen LogP contribution in [-0.4, -0.2) is 66.2 Å². The predicted octanol–water partition coefficient (Wildman–Crippen LogP) is 5.01. The van der Waals surface area contributed by atoms with E-state index in [9.17, 15) is 19.2 Å². The molecule has 11 nitrogen and oxygen atoms in total. The number of hydrogen-bond acceptors (Lipinski definition) is 9. The Morgan fingerprint density at radius 2 is 1.42 bits per heavy atom. The van der Waals surface area contributed by atoms with Crippen molar-refractivity contribution in [1.29, 1.82) is 0 Å². The fourth-order valence-electron chi connectivity index (χ4n) is 4.68. The van der Waals surface area contributed by atoms with E-state index >= 15 is 0 Å². The maximum Gasteiger partial charge on any atom is 0.306 e. The van der Waals surface area contributed by atoms with Crippen molar-refractivity contribution in [3.8, 4) is 23.0 Å². The molecule has 12 heteroatoms. The largest absolute Gasteiger partial charge is 0.497 e. The summed E-state index contributed by atoms with van der Waals surface area (Å²) < 4.78 is 23.8. The number of carbonyl (C=O) groups excluding carboxylic acids is 2. The van der Waals surface area contributed by atoms with Crippen molar-refractivity contribution in [3.63, 3.8) is 0 Å². The normalized spacial score (nSPS) is 13.7. The van der Waals surface area contributed by atoms with Crippen LogP contribution in [0, 0.1) is 11.8 Å². The molecule has 2 unspecified atom stereocenters. The van der Waals surface area contributed by atoms with Gasteiger partial charge in [0.15, 0.2) is 17.3 Å². The van der Waals surface area contributed by atoms with Gasteiger partial charge < -0.3 is 34.1 Å². The molecule has 0 saturated carbocycles. The number of methoxy groups -OCH3 is 2. The lowest BCUT2D eigenvalue weighted by molar-refractivity contribution is -0.145. The molecule has 1 aliphatic heterocycles. The van der Waals surface area contributed by atoms with Gasteiger partial charge in [-0.3, -0.25) is 19.2 Å². The third kappa shape index (κ3) is 7.56. The highest BCUT2D eigenvalue weighted by Crippen LogP contribution is 2.38. The molecular formula is C31H35NO10S. The maximum atomic E-state index is 12.7. The monoisotopic (exact) mass is 613 g/mol. The van der Waals surface area contributed by atoms with Gasteiger partial charge in [0.25, 0.3) is 0 Å². The van der Waals surface area contributed by atoms with Gasteiger partial charge in [0.05, 0.1) is 44.1 Å². The van der Waals surface area contributed by atoms with Crippen molar-refractivity contribution >= 4 is 45.1 Å². The molecule has 0 saturated heterocycles. The molecule has 0 aliphatic carbocycles. The van der Waals surface area contributed by atoms with Crippen LogP contribution in [0.15, 0.2) is 30.3 Å². The van der Waals surface area contributed by atoms with Crippen LogP contribution >= 0.6 is 11.3 Å². The Hall–Kier alpha value is -4.32. The van der Waals surface area contributed by atoms with E-state index in [2.05, 4.69) is 0 Å². The lowest BCUT2D eigenvalue weighted by atomic mass is 10.0. The van der Waals surface area contributed by atoms with Crippen molar-refractivity contribution < 1.29 is 48.3 Å². The number of hydrogen-bond donors (Lipinski definition) is 2. The molecule has 1 aliphatic rings. The minimum Gasteiger partial charge on any atom is -0.497 e. The third-order valence-electron chi connectivity index (χ3n) is 7.26. The fraction of sp³-hybridized carbons (Fsp3) is 0.419. The zero-order valence-corrected chi connectivity index (χ0v) is 25.3. The van der Waals surface area contributed by atoms with E-state index in [0.29, 0.717) is 60.6 Å². The molecule has 0 fully saturated rings. The average Bonchev–Trinajstić information content (AvgIpc) is 3.60. The molecule has 2 N–H and O–H groups in total. The number of amides is 1. The number of fused-ring (bicyclic) bond motifs is 2. The van der Waals surface area contributed by atoms with Crippen molar-refractivity contribution in [2.24, 2.45) is 11.8 Å². The average molecular weight is 614 g/mol. The highest BCUT2D eigenvalue weighted by atomic mass is 32.1. The zero-order valence-electron chi connectivity index (χ0n) is 24.5. The van der Waals surface area contributed by atoms with Gasteiger partial charge in [0.1, 0.15) is 11.5 Å². The van der Waals surface area contributed by atoms with E-state index in [1.165, 1.54) is 25.2 Å². The smallest absolute Gasteiger partial charge is 0.306 e. The number of nitrogens with zero attached hydrogens (tertiary/aromatic N) is 1. The predicted molar refractivity (Wildman–Crippen MR) is 158 cm³/mol. The van der Waals surface area contributed by atoms with E-state index in [1.807, 2.05) is 18.2 Å². The Morgan fingerprint density at radius 1 is 0.814 bits per heavy atom. The first-order chi connectivity index (χ1) is 20.5. The molecule has 230 valence electrons. The number of carboxylic acid groups (broad SMARTS) is 2. The second kappa shape index (κ2) is 13.8. The Balaban J connectivity index is 1.36. The van der Waals surface area contributed by atoms with E-state index in [0.717, 1.165) is 21.2 Å². The number of Topliss-reactive ketones (excluding diaryl/α,β-unsaturated/α-hetero) is 1. The van der Waals surface area contributed by atoms with Gasteiger partial charge in [0.2, 0.25) is 5.91 Å². The number of thiophene rings is 1. The summed E-state index contributed by atoms with van der Waals surface area (Å²) in [6.07, 6.45) is 0.385. The van der Waals surface area contributed by atoms with Gasteiger partial charge in [-0.25, -0.2) is 0 Å². The van der Waals surface area contributed by atoms with Crippen LogP contribution in [0.1, 0.15) is 53.9 Å². The number of ether oxygens (including phenoxy) is 4. The first kappa shape index (κ1) is 31.6. The fourth-order valence-corrected chi connectivity index (χ4v) is 5.73. The molecule has 4 rings (SSSR count). The zero-order chi connectivity index (χ0) is 31.3. The van der Waals surface area contributed by atoms with Crippen LogP contribution in [-0.2, 0) is 27.5 Å². The van der Waals surface area contributed by atoms with Gasteiger partial charge in [0, 0.05) is 48.5 Å². The van der Waals surface area contributed by atoms with E-state index < -0.39 is 23.8 Å². The van der Waals surface area contributed by atoms with Gasteiger partial charge in [-0.15, -0.1) is 11.3 Å². The Morgan fingerprint density at radius 3 is 2.02 bits per heavy atom. The Kier molecular flexibility index (Phi) is 10.1. The van der Waals surface area contributed by atoms with Crippen LogP contribution in [0.3, 0.4) is 0 Å².